The third kappa shape index (κ3) is 7.45. The highest BCUT2D eigenvalue weighted by atomic mass is 19.3. The normalized spacial score (nSPS) is 13.6. The standard InChI is InChI=1S/C14H20F2N2O3/c1-9(6-10(2)19)8-17-14(20)18-11-4-3-5-12(7-11)21-13(15)16/h3-5,7,9-10,13,19H,6,8H2,1-2H3,(H2,17,18,20)/t9-,10-/m1/s1. The molecule has 0 bridgehead atoms. The SMILES string of the molecule is C[C@@H](CNC(=O)Nc1cccc(OC(F)F)c1)C[C@@H](C)O. The monoisotopic (exact) mass is 302 g/mol. The molecule has 0 heterocycles. The van der Waals surface area contributed by atoms with Crippen molar-refractivity contribution in [1.82, 2.24) is 5.32 Å². The molecular formula is C14H20F2N2O3. The van der Waals surface area contributed by atoms with E-state index in [0.29, 0.717) is 18.7 Å². The molecule has 1 rings (SSSR count). The molecule has 0 aliphatic rings. The van der Waals surface area contributed by atoms with Crippen LogP contribution in [0.15, 0.2) is 24.3 Å². The summed E-state index contributed by atoms with van der Waals surface area (Å²) in [5, 5.41) is 14.4. The van der Waals surface area contributed by atoms with Gasteiger partial charge in [-0.3, -0.25) is 0 Å². The van der Waals surface area contributed by atoms with E-state index in [1.807, 2.05) is 6.92 Å². The molecule has 118 valence electrons. The fourth-order valence-corrected chi connectivity index (χ4v) is 1.86. The molecule has 0 aliphatic carbocycles. The maximum Gasteiger partial charge on any atom is 0.387 e. The number of carbonyl (C=O) groups is 1. The summed E-state index contributed by atoms with van der Waals surface area (Å²) < 4.78 is 28.4. The van der Waals surface area contributed by atoms with Crippen LogP contribution in [0.25, 0.3) is 0 Å². The largest absolute Gasteiger partial charge is 0.435 e. The van der Waals surface area contributed by atoms with E-state index in [0.717, 1.165) is 0 Å². The highest BCUT2D eigenvalue weighted by Crippen LogP contribution is 2.19. The van der Waals surface area contributed by atoms with Gasteiger partial charge < -0.3 is 20.5 Å². The van der Waals surface area contributed by atoms with Crippen LogP contribution in [0, 0.1) is 5.92 Å². The minimum Gasteiger partial charge on any atom is -0.435 e. The summed E-state index contributed by atoms with van der Waals surface area (Å²) in [6, 6.07) is 5.31. The van der Waals surface area contributed by atoms with Crippen molar-refractivity contribution in [2.24, 2.45) is 5.92 Å². The minimum absolute atomic E-state index is 0.0229. The number of amides is 2. The average Bonchev–Trinajstić information content (AvgIpc) is 2.35. The van der Waals surface area contributed by atoms with E-state index in [-0.39, 0.29) is 11.7 Å². The lowest BCUT2D eigenvalue weighted by Gasteiger charge is -2.15. The number of urea groups is 1. The smallest absolute Gasteiger partial charge is 0.387 e. The van der Waals surface area contributed by atoms with Crippen LogP contribution in [0.3, 0.4) is 0 Å². The van der Waals surface area contributed by atoms with Crippen LogP contribution in [-0.4, -0.2) is 30.4 Å². The van der Waals surface area contributed by atoms with Gasteiger partial charge in [-0.1, -0.05) is 13.0 Å². The lowest BCUT2D eigenvalue weighted by atomic mass is 10.1. The Labute approximate surface area is 122 Å². The second-order valence-corrected chi connectivity index (χ2v) is 4.93. The third-order valence-corrected chi connectivity index (χ3v) is 2.67. The fraction of sp³-hybridized carbons (Fsp3) is 0.500. The summed E-state index contributed by atoms with van der Waals surface area (Å²) in [6.07, 6.45) is 0.158. The second kappa shape index (κ2) is 8.41. The number of aliphatic hydroxyl groups excluding tert-OH is 1. The van der Waals surface area contributed by atoms with Crippen molar-refractivity contribution in [2.45, 2.75) is 33.0 Å². The van der Waals surface area contributed by atoms with Crippen LogP contribution >= 0.6 is 0 Å². The van der Waals surface area contributed by atoms with E-state index in [1.54, 1.807) is 13.0 Å². The van der Waals surface area contributed by atoms with Crippen molar-refractivity contribution in [2.75, 3.05) is 11.9 Å². The molecule has 1 aromatic carbocycles. The number of nitrogens with one attached hydrogen (secondary N) is 2. The molecule has 0 radical (unpaired) electrons. The number of aliphatic hydroxyl groups is 1. The Balaban J connectivity index is 2.44. The van der Waals surface area contributed by atoms with Crippen molar-refractivity contribution >= 4 is 11.7 Å². The molecular weight excluding hydrogens is 282 g/mol. The van der Waals surface area contributed by atoms with E-state index in [2.05, 4.69) is 15.4 Å². The van der Waals surface area contributed by atoms with Gasteiger partial charge in [-0.05, 0) is 31.4 Å². The summed E-state index contributed by atoms with van der Waals surface area (Å²) >= 11 is 0. The van der Waals surface area contributed by atoms with Gasteiger partial charge in [-0.15, -0.1) is 0 Å². The number of ether oxygens (including phenoxy) is 1. The quantitative estimate of drug-likeness (QED) is 0.725. The summed E-state index contributed by atoms with van der Waals surface area (Å²) in [7, 11) is 0. The molecule has 1 aromatic rings. The lowest BCUT2D eigenvalue weighted by Crippen LogP contribution is -2.33. The zero-order valence-corrected chi connectivity index (χ0v) is 12.0. The average molecular weight is 302 g/mol. The number of halogens is 2. The Morgan fingerprint density at radius 1 is 1.38 bits per heavy atom. The number of carbonyl (C=O) groups excluding carboxylic acids is 1. The van der Waals surface area contributed by atoms with Crippen LogP contribution in [0.5, 0.6) is 5.75 Å². The van der Waals surface area contributed by atoms with Crippen molar-refractivity contribution in [3.63, 3.8) is 0 Å². The Hall–Kier alpha value is -1.89. The third-order valence-electron chi connectivity index (χ3n) is 2.67. The van der Waals surface area contributed by atoms with Crippen LogP contribution < -0.4 is 15.4 Å². The van der Waals surface area contributed by atoms with Gasteiger partial charge >= 0.3 is 12.6 Å². The molecule has 0 spiro atoms. The fourth-order valence-electron chi connectivity index (χ4n) is 1.86. The number of alkyl halides is 2. The molecule has 5 nitrogen and oxygen atoms in total. The van der Waals surface area contributed by atoms with E-state index < -0.39 is 18.7 Å². The maximum absolute atomic E-state index is 12.1. The van der Waals surface area contributed by atoms with Crippen LogP contribution in [0.1, 0.15) is 20.3 Å². The van der Waals surface area contributed by atoms with Crippen LogP contribution in [0.4, 0.5) is 19.3 Å². The van der Waals surface area contributed by atoms with Crippen molar-refractivity contribution in [3.05, 3.63) is 24.3 Å². The molecule has 21 heavy (non-hydrogen) atoms. The molecule has 0 aromatic heterocycles. The first-order valence-electron chi connectivity index (χ1n) is 6.64. The van der Waals surface area contributed by atoms with Gasteiger partial charge in [0.25, 0.3) is 0 Å². The highest BCUT2D eigenvalue weighted by Gasteiger charge is 2.09. The molecule has 0 saturated heterocycles. The maximum atomic E-state index is 12.1. The number of anilines is 1. The Kier molecular flexibility index (Phi) is 6.87. The predicted molar refractivity (Wildman–Crippen MR) is 75.6 cm³/mol. The van der Waals surface area contributed by atoms with Gasteiger partial charge in [-0.25, -0.2) is 4.79 Å². The van der Waals surface area contributed by atoms with Crippen molar-refractivity contribution in [1.29, 1.82) is 0 Å². The molecule has 2 amide bonds. The number of hydrogen-bond donors (Lipinski definition) is 3. The predicted octanol–water partition coefficient (Wildman–Crippen LogP) is 2.82. The van der Waals surface area contributed by atoms with Crippen molar-refractivity contribution < 1.29 is 23.4 Å². The van der Waals surface area contributed by atoms with Crippen molar-refractivity contribution in [3.8, 4) is 5.75 Å². The van der Waals surface area contributed by atoms with Gasteiger partial charge in [-0.2, -0.15) is 8.78 Å². The first-order valence-corrected chi connectivity index (χ1v) is 6.64. The van der Waals surface area contributed by atoms with Gasteiger partial charge in [0.15, 0.2) is 0 Å². The summed E-state index contributed by atoms with van der Waals surface area (Å²) in [4.78, 5) is 11.7. The molecule has 0 aliphatic heterocycles. The zero-order chi connectivity index (χ0) is 15.8. The first kappa shape index (κ1) is 17.2. The van der Waals surface area contributed by atoms with E-state index >= 15 is 0 Å². The van der Waals surface area contributed by atoms with Gasteiger partial charge in [0.05, 0.1) is 6.10 Å². The summed E-state index contributed by atoms with van der Waals surface area (Å²) in [5.74, 6) is 0.106. The van der Waals surface area contributed by atoms with Gasteiger partial charge in [0.1, 0.15) is 5.75 Å². The highest BCUT2D eigenvalue weighted by molar-refractivity contribution is 5.89. The number of benzene rings is 1. The second-order valence-electron chi connectivity index (χ2n) is 4.93. The lowest BCUT2D eigenvalue weighted by molar-refractivity contribution is -0.0498. The molecule has 7 heteroatoms. The molecule has 3 N–H and O–H groups in total. The molecule has 0 saturated carbocycles. The Bertz CT molecular complexity index is 456. The van der Waals surface area contributed by atoms with Gasteiger partial charge in [0.2, 0.25) is 0 Å². The number of hydrogen-bond acceptors (Lipinski definition) is 3. The number of rotatable bonds is 7. The first-order chi connectivity index (χ1) is 9.86. The Morgan fingerprint density at radius 3 is 2.71 bits per heavy atom. The summed E-state index contributed by atoms with van der Waals surface area (Å²) in [5.41, 5.74) is 0.355. The molecule has 0 unspecified atom stereocenters. The minimum atomic E-state index is -2.91. The topological polar surface area (TPSA) is 70.6 Å². The zero-order valence-electron chi connectivity index (χ0n) is 12.0. The van der Waals surface area contributed by atoms with E-state index in [4.69, 9.17) is 0 Å². The van der Waals surface area contributed by atoms with Gasteiger partial charge in [0, 0.05) is 18.3 Å². The van der Waals surface area contributed by atoms with Crippen LogP contribution in [-0.2, 0) is 0 Å². The molecule has 0 fully saturated rings. The summed E-state index contributed by atoms with van der Waals surface area (Å²) in [6.45, 7) is 1.09. The molecule has 2 atom stereocenters. The van der Waals surface area contributed by atoms with E-state index in [9.17, 15) is 18.7 Å². The van der Waals surface area contributed by atoms with E-state index in [1.165, 1.54) is 18.2 Å². The Morgan fingerprint density at radius 2 is 2.10 bits per heavy atom. The van der Waals surface area contributed by atoms with Crippen LogP contribution in [0.2, 0.25) is 0 Å².